The number of aromatic carboxylic acids is 1. The Morgan fingerprint density at radius 2 is 1.86 bits per heavy atom. The first-order valence-corrected chi connectivity index (χ1v) is 9.15. The SMILES string of the molecule is COCCCc1cnc(OS(=O)(=O)C(F)(F)F)c(-c2ccc(C(=O)O)cc2)n1. The highest BCUT2D eigenvalue weighted by Crippen LogP contribution is 2.32. The molecule has 28 heavy (non-hydrogen) atoms. The molecule has 0 aliphatic carbocycles. The van der Waals surface area contributed by atoms with Crippen molar-refractivity contribution in [1.29, 1.82) is 0 Å². The third-order valence-corrected chi connectivity index (χ3v) is 4.39. The number of hydrogen-bond donors (Lipinski definition) is 1. The quantitative estimate of drug-likeness (QED) is 0.394. The molecule has 12 heteroatoms. The van der Waals surface area contributed by atoms with E-state index in [1.165, 1.54) is 31.4 Å². The molecule has 8 nitrogen and oxygen atoms in total. The van der Waals surface area contributed by atoms with Gasteiger partial charge in [0.05, 0.1) is 17.5 Å². The highest BCUT2D eigenvalue weighted by molar-refractivity contribution is 7.88. The summed E-state index contributed by atoms with van der Waals surface area (Å²) >= 11 is 0. The Labute approximate surface area is 158 Å². The minimum Gasteiger partial charge on any atom is -0.478 e. The first-order chi connectivity index (χ1) is 13.0. The fourth-order valence-corrected chi connectivity index (χ4v) is 2.53. The van der Waals surface area contributed by atoms with Crippen LogP contribution in [0.25, 0.3) is 11.3 Å². The third-order valence-electron chi connectivity index (χ3n) is 3.45. The van der Waals surface area contributed by atoms with Gasteiger partial charge in [-0.3, -0.25) is 0 Å². The topological polar surface area (TPSA) is 116 Å². The van der Waals surface area contributed by atoms with Gasteiger partial charge in [0.25, 0.3) is 5.88 Å². The lowest BCUT2D eigenvalue weighted by Gasteiger charge is -2.13. The Morgan fingerprint density at radius 1 is 1.21 bits per heavy atom. The van der Waals surface area contributed by atoms with Crippen molar-refractivity contribution in [2.45, 2.75) is 18.3 Å². The lowest BCUT2D eigenvalue weighted by atomic mass is 10.1. The first kappa shape index (κ1) is 21.6. The maximum atomic E-state index is 12.6. The van der Waals surface area contributed by atoms with Crippen molar-refractivity contribution in [3.8, 4) is 17.1 Å². The summed E-state index contributed by atoms with van der Waals surface area (Å²) in [6.45, 7) is 0.408. The van der Waals surface area contributed by atoms with Gasteiger partial charge >= 0.3 is 21.6 Å². The van der Waals surface area contributed by atoms with Gasteiger partial charge in [0.2, 0.25) is 0 Å². The Balaban J connectivity index is 2.48. The summed E-state index contributed by atoms with van der Waals surface area (Å²) in [7, 11) is -4.45. The summed E-state index contributed by atoms with van der Waals surface area (Å²) in [6.07, 6.45) is 2.02. The average molecular weight is 420 g/mol. The summed E-state index contributed by atoms with van der Waals surface area (Å²) in [4.78, 5) is 18.7. The molecule has 0 aliphatic heterocycles. The standard InChI is InChI=1S/C16H15F3N2O6S/c1-26-8-2-3-12-9-20-14(27-28(24,25)16(17,18)19)13(21-12)10-4-6-11(7-5-10)15(22)23/h4-7,9H,2-3,8H2,1H3,(H,22,23). The van der Waals surface area contributed by atoms with Gasteiger partial charge < -0.3 is 14.0 Å². The number of rotatable bonds is 8. The molecule has 0 fully saturated rings. The van der Waals surface area contributed by atoms with E-state index in [1.54, 1.807) is 0 Å². The molecule has 2 rings (SSSR count). The monoisotopic (exact) mass is 420 g/mol. The number of aromatic nitrogens is 2. The molecule has 152 valence electrons. The molecule has 0 aliphatic rings. The zero-order chi connectivity index (χ0) is 20.9. The molecule has 2 aromatic rings. The van der Waals surface area contributed by atoms with E-state index in [-0.39, 0.29) is 16.8 Å². The number of methoxy groups -OCH3 is 1. The van der Waals surface area contributed by atoms with Crippen molar-refractivity contribution >= 4 is 16.1 Å². The number of nitrogens with zero attached hydrogens (tertiary/aromatic N) is 2. The Hall–Kier alpha value is -2.73. The molecule has 0 saturated carbocycles. The molecule has 0 radical (unpaired) electrons. The minimum absolute atomic E-state index is 0.0710. The van der Waals surface area contributed by atoms with E-state index in [1.807, 2.05) is 0 Å². The summed E-state index contributed by atoms with van der Waals surface area (Å²) in [5, 5.41) is 8.94. The molecular weight excluding hydrogens is 405 g/mol. The Bertz CT molecular complexity index is 946. The number of alkyl halides is 3. The molecule has 1 aromatic carbocycles. The van der Waals surface area contributed by atoms with E-state index in [0.29, 0.717) is 25.1 Å². The van der Waals surface area contributed by atoms with Gasteiger partial charge in [-0.1, -0.05) is 12.1 Å². The van der Waals surface area contributed by atoms with Crippen molar-refractivity contribution in [2.24, 2.45) is 0 Å². The summed E-state index contributed by atoms with van der Waals surface area (Å²) < 4.78 is 69.6. The van der Waals surface area contributed by atoms with Gasteiger partial charge in [0.15, 0.2) is 0 Å². The van der Waals surface area contributed by atoms with Crippen molar-refractivity contribution in [1.82, 2.24) is 9.97 Å². The predicted molar refractivity (Wildman–Crippen MR) is 90.2 cm³/mol. The van der Waals surface area contributed by atoms with E-state index >= 15 is 0 Å². The fraction of sp³-hybridized carbons (Fsp3) is 0.312. The zero-order valence-electron chi connectivity index (χ0n) is 14.4. The van der Waals surface area contributed by atoms with E-state index in [9.17, 15) is 26.4 Å². The van der Waals surface area contributed by atoms with Gasteiger partial charge in [-0.05, 0) is 25.0 Å². The molecule has 0 unspecified atom stereocenters. The smallest absolute Gasteiger partial charge is 0.478 e. The molecular formula is C16H15F3N2O6S. The second kappa shape index (κ2) is 8.52. The third kappa shape index (κ3) is 5.16. The molecule has 1 heterocycles. The van der Waals surface area contributed by atoms with Crippen LogP contribution in [0.1, 0.15) is 22.5 Å². The van der Waals surface area contributed by atoms with Gasteiger partial charge in [-0.25, -0.2) is 14.8 Å². The van der Waals surface area contributed by atoms with Gasteiger partial charge in [-0.15, -0.1) is 0 Å². The van der Waals surface area contributed by atoms with Gasteiger partial charge in [-0.2, -0.15) is 21.6 Å². The molecule has 0 amide bonds. The average Bonchev–Trinajstić information content (AvgIpc) is 2.62. The van der Waals surface area contributed by atoms with Crippen LogP contribution in [0.5, 0.6) is 5.88 Å². The number of carboxylic acid groups (broad SMARTS) is 1. The molecule has 1 aromatic heterocycles. The fourth-order valence-electron chi connectivity index (χ4n) is 2.10. The molecule has 0 atom stereocenters. The van der Waals surface area contributed by atoms with Crippen LogP contribution in [0.15, 0.2) is 30.5 Å². The maximum absolute atomic E-state index is 12.6. The lowest BCUT2D eigenvalue weighted by molar-refractivity contribution is -0.0501. The van der Waals surface area contributed by atoms with E-state index in [4.69, 9.17) is 9.84 Å². The van der Waals surface area contributed by atoms with Crippen LogP contribution in [0.3, 0.4) is 0 Å². The largest absolute Gasteiger partial charge is 0.534 e. The Kier molecular flexibility index (Phi) is 6.56. The number of halogens is 3. The number of ether oxygens (including phenoxy) is 1. The summed E-state index contributed by atoms with van der Waals surface area (Å²) in [5.41, 5.74) is -5.47. The zero-order valence-corrected chi connectivity index (χ0v) is 15.2. The highest BCUT2D eigenvalue weighted by atomic mass is 32.2. The molecule has 0 spiro atoms. The normalized spacial score (nSPS) is 12.0. The van der Waals surface area contributed by atoms with Crippen LogP contribution in [0.2, 0.25) is 0 Å². The summed E-state index contributed by atoms with van der Waals surface area (Å²) in [5.74, 6) is -2.07. The van der Waals surface area contributed by atoms with Gasteiger partial charge in [0.1, 0.15) is 5.69 Å². The summed E-state index contributed by atoms with van der Waals surface area (Å²) in [6, 6.07) is 4.91. The molecule has 0 saturated heterocycles. The van der Waals surface area contributed by atoms with Crippen LogP contribution >= 0.6 is 0 Å². The minimum atomic E-state index is -5.95. The lowest BCUT2D eigenvalue weighted by Crippen LogP contribution is -2.28. The van der Waals surface area contributed by atoms with E-state index in [2.05, 4.69) is 14.2 Å². The number of aryl methyl sites for hydroxylation is 1. The molecule has 0 bridgehead atoms. The van der Waals surface area contributed by atoms with Crippen LogP contribution in [-0.4, -0.2) is 48.7 Å². The number of hydrogen-bond acceptors (Lipinski definition) is 7. The van der Waals surface area contributed by atoms with Crippen LogP contribution in [0.4, 0.5) is 13.2 Å². The first-order valence-electron chi connectivity index (χ1n) is 7.74. The van der Waals surface area contributed by atoms with Crippen molar-refractivity contribution in [3.05, 3.63) is 41.7 Å². The second-order valence-electron chi connectivity index (χ2n) is 5.48. The Morgan fingerprint density at radius 3 is 2.39 bits per heavy atom. The van der Waals surface area contributed by atoms with Crippen LogP contribution < -0.4 is 4.18 Å². The second-order valence-corrected chi connectivity index (χ2v) is 7.01. The van der Waals surface area contributed by atoms with Gasteiger partial charge in [0, 0.05) is 19.3 Å². The predicted octanol–water partition coefficient (Wildman–Crippen LogP) is 2.65. The van der Waals surface area contributed by atoms with Crippen molar-refractivity contribution in [3.63, 3.8) is 0 Å². The highest BCUT2D eigenvalue weighted by Gasteiger charge is 2.49. The number of carbonyl (C=O) groups is 1. The van der Waals surface area contributed by atoms with E-state index < -0.39 is 27.5 Å². The van der Waals surface area contributed by atoms with Crippen molar-refractivity contribution < 1.29 is 40.4 Å². The molecule has 1 N–H and O–H groups in total. The number of carboxylic acids is 1. The maximum Gasteiger partial charge on any atom is 0.534 e. The van der Waals surface area contributed by atoms with Crippen molar-refractivity contribution in [2.75, 3.05) is 13.7 Å². The number of benzene rings is 1. The van der Waals surface area contributed by atoms with E-state index in [0.717, 1.165) is 6.20 Å². The van der Waals surface area contributed by atoms with Crippen LogP contribution in [0, 0.1) is 0 Å². The van der Waals surface area contributed by atoms with Crippen LogP contribution in [-0.2, 0) is 21.3 Å².